The molecule has 16 heavy (non-hydrogen) atoms. The minimum atomic E-state index is 0.107. The molecule has 1 N–H and O–H groups in total. The van der Waals surface area contributed by atoms with Gasteiger partial charge >= 0.3 is 0 Å². The molecule has 0 aliphatic heterocycles. The Morgan fingerprint density at radius 3 is 2.56 bits per heavy atom. The molecule has 1 rings (SSSR count). The first kappa shape index (κ1) is 12.8. The molecule has 1 aromatic rings. The van der Waals surface area contributed by atoms with Crippen molar-refractivity contribution in [1.82, 2.24) is 5.32 Å². The van der Waals surface area contributed by atoms with Gasteiger partial charge in [0, 0.05) is 6.42 Å². The van der Waals surface area contributed by atoms with Crippen LogP contribution in [0, 0.1) is 0 Å². The zero-order valence-corrected chi connectivity index (χ0v) is 10.2. The van der Waals surface area contributed by atoms with E-state index in [1.807, 2.05) is 37.3 Å². The molecule has 2 nitrogen and oxygen atoms in total. The molecule has 0 saturated heterocycles. The molecular formula is C14H21NO. The van der Waals surface area contributed by atoms with Gasteiger partial charge in [-0.1, -0.05) is 50.1 Å². The first-order chi connectivity index (χ1) is 7.74. The fourth-order valence-electron chi connectivity index (χ4n) is 1.67. The van der Waals surface area contributed by atoms with Crippen molar-refractivity contribution in [3.63, 3.8) is 0 Å². The van der Waals surface area contributed by atoms with Crippen LogP contribution in [0.15, 0.2) is 30.3 Å². The zero-order valence-electron chi connectivity index (χ0n) is 10.2. The number of nitrogens with one attached hydrogen (secondary N) is 1. The molecule has 88 valence electrons. The summed E-state index contributed by atoms with van der Waals surface area (Å²) in [6.45, 7) is 4.16. The number of carbonyl (C=O) groups excluding carboxylic acids is 1. The average molecular weight is 219 g/mol. The van der Waals surface area contributed by atoms with Crippen molar-refractivity contribution in [2.75, 3.05) is 0 Å². The van der Waals surface area contributed by atoms with Crippen molar-refractivity contribution < 1.29 is 4.79 Å². The van der Waals surface area contributed by atoms with E-state index in [4.69, 9.17) is 0 Å². The number of rotatable bonds is 6. The van der Waals surface area contributed by atoms with E-state index in [9.17, 15) is 4.79 Å². The van der Waals surface area contributed by atoms with Gasteiger partial charge in [0.15, 0.2) is 0 Å². The van der Waals surface area contributed by atoms with E-state index < -0.39 is 0 Å². The molecule has 1 unspecified atom stereocenters. The summed E-state index contributed by atoms with van der Waals surface area (Å²) in [5, 5.41) is 3.02. The van der Waals surface area contributed by atoms with Crippen molar-refractivity contribution in [3.8, 4) is 0 Å². The highest BCUT2D eigenvalue weighted by atomic mass is 16.1. The molecule has 1 aromatic carbocycles. The fraction of sp³-hybridized carbons (Fsp3) is 0.500. The van der Waals surface area contributed by atoms with Crippen LogP contribution < -0.4 is 5.32 Å². The van der Waals surface area contributed by atoms with Crippen molar-refractivity contribution in [3.05, 3.63) is 35.9 Å². The van der Waals surface area contributed by atoms with Crippen molar-refractivity contribution in [1.29, 1.82) is 0 Å². The monoisotopic (exact) mass is 219 g/mol. The van der Waals surface area contributed by atoms with Crippen LogP contribution in [0.25, 0.3) is 0 Å². The third-order valence-electron chi connectivity index (χ3n) is 2.68. The van der Waals surface area contributed by atoms with Crippen LogP contribution in [-0.2, 0) is 4.79 Å². The number of benzene rings is 1. The Bertz CT molecular complexity index is 308. The van der Waals surface area contributed by atoms with E-state index in [0.29, 0.717) is 6.42 Å². The van der Waals surface area contributed by atoms with E-state index in [1.165, 1.54) is 0 Å². The SMILES string of the molecule is CCCCCC(=O)NC(C)c1ccccc1. The van der Waals surface area contributed by atoms with E-state index in [0.717, 1.165) is 24.8 Å². The Morgan fingerprint density at radius 2 is 1.94 bits per heavy atom. The second-order valence-corrected chi connectivity index (χ2v) is 4.16. The molecule has 0 saturated carbocycles. The van der Waals surface area contributed by atoms with Gasteiger partial charge in [-0.25, -0.2) is 0 Å². The largest absolute Gasteiger partial charge is 0.350 e. The third-order valence-corrected chi connectivity index (χ3v) is 2.68. The van der Waals surface area contributed by atoms with E-state index in [-0.39, 0.29) is 11.9 Å². The standard InChI is InChI=1S/C14H21NO/c1-3-4-6-11-14(16)15-12(2)13-9-7-5-8-10-13/h5,7-10,12H,3-4,6,11H2,1-2H3,(H,15,16). The lowest BCUT2D eigenvalue weighted by molar-refractivity contribution is -0.121. The number of unbranched alkanes of at least 4 members (excludes halogenated alkanes) is 2. The van der Waals surface area contributed by atoms with Gasteiger partial charge in [0.1, 0.15) is 0 Å². The quantitative estimate of drug-likeness (QED) is 0.729. The van der Waals surface area contributed by atoms with Crippen molar-refractivity contribution in [2.24, 2.45) is 0 Å². The molecule has 0 bridgehead atoms. The Hall–Kier alpha value is -1.31. The van der Waals surface area contributed by atoms with Gasteiger partial charge in [0.05, 0.1) is 6.04 Å². The molecule has 2 heteroatoms. The molecule has 0 aliphatic rings. The summed E-state index contributed by atoms with van der Waals surface area (Å²) in [4.78, 5) is 11.6. The first-order valence-electron chi connectivity index (χ1n) is 6.08. The normalized spacial score (nSPS) is 12.1. The minimum absolute atomic E-state index is 0.107. The Labute approximate surface area is 98.1 Å². The lowest BCUT2D eigenvalue weighted by Gasteiger charge is -2.14. The molecule has 1 atom stereocenters. The molecule has 0 spiro atoms. The van der Waals surface area contributed by atoms with Gasteiger partial charge in [-0.05, 0) is 18.9 Å². The second kappa shape index (κ2) is 7.04. The van der Waals surface area contributed by atoms with Gasteiger partial charge in [-0.3, -0.25) is 4.79 Å². The summed E-state index contributed by atoms with van der Waals surface area (Å²) in [6, 6.07) is 10.2. The maximum absolute atomic E-state index is 11.6. The number of hydrogen-bond acceptors (Lipinski definition) is 1. The summed E-state index contributed by atoms with van der Waals surface area (Å²) in [5.74, 6) is 0.157. The number of carbonyl (C=O) groups is 1. The predicted octanol–water partition coefficient (Wildman–Crippen LogP) is 3.44. The van der Waals surface area contributed by atoms with Crippen LogP contribution >= 0.6 is 0 Å². The van der Waals surface area contributed by atoms with Crippen LogP contribution in [0.2, 0.25) is 0 Å². The lowest BCUT2D eigenvalue weighted by atomic mass is 10.1. The van der Waals surface area contributed by atoms with Crippen LogP contribution in [0.5, 0.6) is 0 Å². The Morgan fingerprint density at radius 1 is 1.25 bits per heavy atom. The smallest absolute Gasteiger partial charge is 0.220 e. The van der Waals surface area contributed by atoms with Gasteiger partial charge in [-0.15, -0.1) is 0 Å². The lowest BCUT2D eigenvalue weighted by Crippen LogP contribution is -2.26. The van der Waals surface area contributed by atoms with Crippen LogP contribution in [0.3, 0.4) is 0 Å². The van der Waals surface area contributed by atoms with Gasteiger partial charge in [0.2, 0.25) is 5.91 Å². The van der Waals surface area contributed by atoms with E-state index in [2.05, 4.69) is 12.2 Å². The predicted molar refractivity (Wildman–Crippen MR) is 67.1 cm³/mol. The summed E-state index contributed by atoms with van der Waals surface area (Å²) in [7, 11) is 0. The van der Waals surface area contributed by atoms with Gasteiger partial charge < -0.3 is 5.32 Å². The summed E-state index contributed by atoms with van der Waals surface area (Å²) < 4.78 is 0. The Kier molecular flexibility index (Phi) is 5.62. The molecule has 0 radical (unpaired) electrons. The minimum Gasteiger partial charge on any atom is -0.350 e. The molecule has 0 aliphatic carbocycles. The number of hydrogen-bond donors (Lipinski definition) is 1. The molecule has 0 aromatic heterocycles. The van der Waals surface area contributed by atoms with Crippen LogP contribution in [-0.4, -0.2) is 5.91 Å². The summed E-state index contributed by atoms with van der Waals surface area (Å²) in [5.41, 5.74) is 1.16. The first-order valence-corrected chi connectivity index (χ1v) is 6.08. The van der Waals surface area contributed by atoms with Crippen LogP contribution in [0.4, 0.5) is 0 Å². The summed E-state index contributed by atoms with van der Waals surface area (Å²) >= 11 is 0. The highest BCUT2D eigenvalue weighted by molar-refractivity contribution is 5.76. The molecule has 1 amide bonds. The van der Waals surface area contributed by atoms with Gasteiger partial charge in [-0.2, -0.15) is 0 Å². The maximum atomic E-state index is 11.6. The second-order valence-electron chi connectivity index (χ2n) is 4.16. The third kappa shape index (κ3) is 4.47. The zero-order chi connectivity index (χ0) is 11.8. The van der Waals surface area contributed by atoms with Crippen LogP contribution in [0.1, 0.15) is 51.1 Å². The molecular weight excluding hydrogens is 198 g/mol. The van der Waals surface area contributed by atoms with E-state index >= 15 is 0 Å². The van der Waals surface area contributed by atoms with Crippen molar-refractivity contribution >= 4 is 5.91 Å². The molecule has 0 heterocycles. The summed E-state index contributed by atoms with van der Waals surface area (Å²) in [6.07, 6.45) is 3.92. The van der Waals surface area contributed by atoms with Crippen molar-refractivity contribution in [2.45, 2.75) is 45.6 Å². The highest BCUT2D eigenvalue weighted by Gasteiger charge is 2.08. The fourth-order valence-corrected chi connectivity index (χ4v) is 1.67. The average Bonchev–Trinajstić information content (AvgIpc) is 2.30. The maximum Gasteiger partial charge on any atom is 0.220 e. The van der Waals surface area contributed by atoms with Gasteiger partial charge in [0.25, 0.3) is 0 Å². The Balaban J connectivity index is 2.34. The number of amides is 1. The topological polar surface area (TPSA) is 29.1 Å². The molecule has 0 fully saturated rings. The highest BCUT2D eigenvalue weighted by Crippen LogP contribution is 2.11. The van der Waals surface area contributed by atoms with E-state index in [1.54, 1.807) is 0 Å².